The van der Waals surface area contributed by atoms with Crippen molar-refractivity contribution < 1.29 is 4.79 Å². The second-order valence-electron chi connectivity index (χ2n) is 3.44. The lowest BCUT2D eigenvalue weighted by molar-refractivity contribution is -0.123. The van der Waals surface area contributed by atoms with Gasteiger partial charge in [-0.2, -0.15) is 0 Å². The lowest BCUT2D eigenvalue weighted by Gasteiger charge is -2.14. The highest BCUT2D eigenvalue weighted by atomic mass is 16.2. The van der Waals surface area contributed by atoms with E-state index in [0.29, 0.717) is 6.42 Å². The van der Waals surface area contributed by atoms with E-state index in [4.69, 9.17) is 12.2 Å². The molecule has 1 fully saturated rings. The largest absolute Gasteiger partial charge is 0.351 e. The molecule has 3 N–H and O–H groups in total. The fraction of sp³-hybridized carbons (Fsp3) is 0.667. The molecule has 1 aliphatic carbocycles. The Morgan fingerprint density at radius 3 is 2.83 bits per heavy atom. The zero-order chi connectivity index (χ0) is 9.19. The van der Waals surface area contributed by atoms with Gasteiger partial charge in [0.25, 0.3) is 0 Å². The third-order valence-electron chi connectivity index (χ3n) is 2.04. The molecule has 1 unspecified atom stereocenters. The van der Waals surface area contributed by atoms with Gasteiger partial charge in [0.15, 0.2) is 0 Å². The Hall–Kier alpha value is -1.01. The van der Waals surface area contributed by atoms with E-state index >= 15 is 0 Å². The maximum atomic E-state index is 11.3. The summed E-state index contributed by atoms with van der Waals surface area (Å²) in [6, 6.07) is 0.0310. The average Bonchev–Trinajstić information content (AvgIpc) is 2.69. The molecule has 0 aromatic rings. The van der Waals surface area contributed by atoms with Gasteiger partial charge < -0.3 is 11.1 Å². The molecule has 12 heavy (non-hydrogen) atoms. The van der Waals surface area contributed by atoms with E-state index in [1.165, 1.54) is 0 Å². The van der Waals surface area contributed by atoms with Crippen molar-refractivity contribution in [2.45, 2.75) is 37.8 Å². The summed E-state index contributed by atoms with van der Waals surface area (Å²) in [4.78, 5) is 11.3. The molecule has 0 heterocycles. The number of nitrogens with two attached hydrogens (primary N) is 1. The monoisotopic (exact) mass is 166 g/mol. The molecule has 0 bridgehead atoms. The SMILES string of the molecule is C#CCC(C)NC(=O)C1(N)CC1. The van der Waals surface area contributed by atoms with Crippen LogP contribution in [-0.2, 0) is 4.79 Å². The Bertz CT molecular complexity index is 225. The third-order valence-corrected chi connectivity index (χ3v) is 2.04. The van der Waals surface area contributed by atoms with Gasteiger partial charge in [-0.15, -0.1) is 12.3 Å². The number of terminal acetylenes is 1. The number of amides is 1. The van der Waals surface area contributed by atoms with Crippen molar-refractivity contribution >= 4 is 5.91 Å². The molecule has 1 amide bonds. The van der Waals surface area contributed by atoms with Crippen LogP contribution in [0.5, 0.6) is 0 Å². The van der Waals surface area contributed by atoms with Crippen LogP contribution in [0.2, 0.25) is 0 Å². The summed E-state index contributed by atoms with van der Waals surface area (Å²) in [6.07, 6.45) is 7.24. The highest BCUT2D eigenvalue weighted by Crippen LogP contribution is 2.32. The first-order valence-electron chi connectivity index (χ1n) is 4.12. The van der Waals surface area contributed by atoms with Gasteiger partial charge in [0.2, 0.25) is 5.91 Å². The lowest BCUT2D eigenvalue weighted by Crippen LogP contribution is -2.46. The fourth-order valence-corrected chi connectivity index (χ4v) is 0.957. The molecule has 0 radical (unpaired) electrons. The summed E-state index contributed by atoms with van der Waals surface area (Å²) in [5.41, 5.74) is 5.09. The maximum Gasteiger partial charge on any atom is 0.240 e. The van der Waals surface area contributed by atoms with E-state index in [1.807, 2.05) is 6.92 Å². The summed E-state index contributed by atoms with van der Waals surface area (Å²) in [7, 11) is 0. The van der Waals surface area contributed by atoms with Gasteiger partial charge in [-0.05, 0) is 19.8 Å². The number of hydrogen-bond acceptors (Lipinski definition) is 2. The Kier molecular flexibility index (Phi) is 2.39. The van der Waals surface area contributed by atoms with Crippen LogP contribution in [0.4, 0.5) is 0 Å². The van der Waals surface area contributed by atoms with Gasteiger partial charge in [0, 0.05) is 12.5 Å². The van der Waals surface area contributed by atoms with Crippen LogP contribution >= 0.6 is 0 Å². The van der Waals surface area contributed by atoms with Crippen LogP contribution in [0, 0.1) is 12.3 Å². The first-order chi connectivity index (χ1) is 5.58. The van der Waals surface area contributed by atoms with E-state index in [-0.39, 0.29) is 11.9 Å². The maximum absolute atomic E-state index is 11.3. The Labute approximate surface area is 72.7 Å². The topological polar surface area (TPSA) is 55.1 Å². The van der Waals surface area contributed by atoms with Crippen LogP contribution in [0.15, 0.2) is 0 Å². The number of hydrogen-bond donors (Lipinski definition) is 2. The normalized spacial score (nSPS) is 20.8. The van der Waals surface area contributed by atoms with Crippen LogP contribution in [0.3, 0.4) is 0 Å². The summed E-state index contributed by atoms with van der Waals surface area (Å²) < 4.78 is 0. The smallest absolute Gasteiger partial charge is 0.240 e. The summed E-state index contributed by atoms with van der Waals surface area (Å²) in [5, 5.41) is 2.78. The highest BCUT2D eigenvalue weighted by molar-refractivity contribution is 5.89. The molecule has 3 heteroatoms. The molecule has 0 aromatic carbocycles. The molecule has 0 aromatic heterocycles. The van der Waals surface area contributed by atoms with Crippen LogP contribution in [0.1, 0.15) is 26.2 Å². The second-order valence-corrected chi connectivity index (χ2v) is 3.44. The van der Waals surface area contributed by atoms with Crippen molar-refractivity contribution in [1.29, 1.82) is 0 Å². The van der Waals surface area contributed by atoms with Crippen molar-refractivity contribution in [1.82, 2.24) is 5.32 Å². The lowest BCUT2D eigenvalue weighted by atomic mass is 10.2. The minimum absolute atomic E-state index is 0.0310. The molecule has 1 rings (SSSR count). The van der Waals surface area contributed by atoms with E-state index < -0.39 is 5.54 Å². The van der Waals surface area contributed by atoms with Gasteiger partial charge in [0.1, 0.15) is 0 Å². The first kappa shape index (κ1) is 9.08. The molecule has 0 aliphatic heterocycles. The van der Waals surface area contributed by atoms with Gasteiger partial charge in [-0.3, -0.25) is 4.79 Å². The molecule has 66 valence electrons. The van der Waals surface area contributed by atoms with Gasteiger partial charge >= 0.3 is 0 Å². The minimum atomic E-state index is -0.580. The number of carbonyl (C=O) groups excluding carboxylic acids is 1. The number of nitrogens with one attached hydrogen (secondary N) is 1. The molecule has 0 saturated heterocycles. The van der Waals surface area contributed by atoms with Gasteiger partial charge in [-0.1, -0.05) is 0 Å². The molecule has 1 saturated carbocycles. The quantitative estimate of drug-likeness (QED) is 0.580. The Morgan fingerprint density at radius 1 is 1.83 bits per heavy atom. The van der Waals surface area contributed by atoms with Crippen molar-refractivity contribution in [3.63, 3.8) is 0 Å². The van der Waals surface area contributed by atoms with E-state index in [9.17, 15) is 4.79 Å². The van der Waals surface area contributed by atoms with E-state index in [1.54, 1.807) is 0 Å². The molecule has 1 aliphatic rings. The Balaban J connectivity index is 2.32. The van der Waals surface area contributed by atoms with Crippen LogP contribution in [0.25, 0.3) is 0 Å². The van der Waals surface area contributed by atoms with Crippen LogP contribution in [-0.4, -0.2) is 17.5 Å². The first-order valence-corrected chi connectivity index (χ1v) is 4.12. The summed E-state index contributed by atoms with van der Waals surface area (Å²) >= 11 is 0. The predicted molar refractivity (Wildman–Crippen MR) is 47.2 cm³/mol. The predicted octanol–water partition coefficient (Wildman–Crippen LogP) is 0.00570. The van der Waals surface area contributed by atoms with Gasteiger partial charge in [-0.25, -0.2) is 0 Å². The minimum Gasteiger partial charge on any atom is -0.351 e. The highest BCUT2D eigenvalue weighted by Gasteiger charge is 2.46. The van der Waals surface area contributed by atoms with Crippen molar-refractivity contribution in [3.05, 3.63) is 0 Å². The number of rotatable bonds is 3. The molecule has 1 atom stereocenters. The van der Waals surface area contributed by atoms with E-state index in [2.05, 4.69) is 11.2 Å². The molecule has 3 nitrogen and oxygen atoms in total. The fourth-order valence-electron chi connectivity index (χ4n) is 0.957. The van der Waals surface area contributed by atoms with Gasteiger partial charge in [0.05, 0.1) is 5.54 Å². The van der Waals surface area contributed by atoms with E-state index in [0.717, 1.165) is 12.8 Å². The van der Waals surface area contributed by atoms with Crippen molar-refractivity contribution in [3.8, 4) is 12.3 Å². The summed E-state index contributed by atoms with van der Waals surface area (Å²) in [6.45, 7) is 1.88. The zero-order valence-corrected chi connectivity index (χ0v) is 7.26. The summed E-state index contributed by atoms with van der Waals surface area (Å²) in [5.74, 6) is 2.42. The average molecular weight is 166 g/mol. The van der Waals surface area contributed by atoms with Crippen molar-refractivity contribution in [2.24, 2.45) is 5.73 Å². The standard InChI is InChI=1S/C9H14N2O/c1-3-4-7(2)11-8(12)9(10)5-6-9/h1,7H,4-6,10H2,2H3,(H,11,12). The molecule has 0 spiro atoms. The second kappa shape index (κ2) is 3.16. The zero-order valence-electron chi connectivity index (χ0n) is 7.26. The molecular formula is C9H14N2O. The Morgan fingerprint density at radius 2 is 2.42 bits per heavy atom. The third kappa shape index (κ3) is 1.99. The molecular weight excluding hydrogens is 152 g/mol. The van der Waals surface area contributed by atoms with Crippen molar-refractivity contribution in [2.75, 3.05) is 0 Å². The van der Waals surface area contributed by atoms with Crippen LogP contribution < -0.4 is 11.1 Å². The number of carbonyl (C=O) groups is 1.